The van der Waals surface area contributed by atoms with Gasteiger partial charge in [0.05, 0.1) is 5.75 Å². The van der Waals surface area contributed by atoms with Crippen molar-refractivity contribution in [3.63, 3.8) is 0 Å². The van der Waals surface area contributed by atoms with E-state index in [9.17, 15) is 23.1 Å². The number of carboxylic acid groups (broad SMARTS) is 1. The zero-order valence-corrected chi connectivity index (χ0v) is 11.7. The van der Waals surface area contributed by atoms with Gasteiger partial charge in [-0.1, -0.05) is 0 Å². The molecule has 0 aromatic heterocycles. The second-order valence-corrected chi connectivity index (χ2v) is 5.87. The molecule has 0 spiro atoms. The summed E-state index contributed by atoms with van der Waals surface area (Å²) in [4.78, 5) is 22.2. The van der Waals surface area contributed by atoms with Crippen molar-refractivity contribution < 1.29 is 28.2 Å². The van der Waals surface area contributed by atoms with Gasteiger partial charge >= 0.3 is 12.0 Å². The highest BCUT2D eigenvalue weighted by Crippen LogP contribution is 2.21. The van der Waals surface area contributed by atoms with E-state index in [1.165, 1.54) is 6.07 Å². The Hall–Kier alpha value is -2.33. The molecule has 6 N–H and O–H groups in total. The molecule has 0 saturated carbocycles. The molecule has 2 amide bonds. The lowest BCUT2D eigenvalue weighted by atomic mass is 10.2. The lowest BCUT2D eigenvalue weighted by Crippen LogP contribution is -2.31. The molecule has 10 heteroatoms. The van der Waals surface area contributed by atoms with E-state index in [-0.39, 0.29) is 30.0 Å². The number of carboxylic acids is 1. The SMILES string of the molecule is NS(=O)(=O)CCCNC(=O)Nc1ccc(C(=O)O)c(O)c1. The molecule has 0 aliphatic heterocycles. The molecule has 21 heavy (non-hydrogen) atoms. The zero-order chi connectivity index (χ0) is 16.0. The first-order valence-electron chi connectivity index (χ1n) is 5.80. The largest absolute Gasteiger partial charge is 0.507 e. The molecule has 1 aromatic carbocycles. The van der Waals surface area contributed by atoms with Crippen LogP contribution >= 0.6 is 0 Å². The van der Waals surface area contributed by atoms with Crippen molar-refractivity contribution in [2.24, 2.45) is 5.14 Å². The molecule has 1 rings (SSSR count). The summed E-state index contributed by atoms with van der Waals surface area (Å²) in [5.41, 5.74) is -0.0874. The van der Waals surface area contributed by atoms with Gasteiger partial charge in [-0.05, 0) is 18.6 Å². The van der Waals surface area contributed by atoms with Crippen molar-refractivity contribution in [1.82, 2.24) is 5.32 Å². The molecule has 0 saturated heterocycles. The number of amides is 2. The van der Waals surface area contributed by atoms with Crippen LogP contribution in [0.5, 0.6) is 5.75 Å². The number of nitrogens with two attached hydrogens (primary N) is 1. The van der Waals surface area contributed by atoms with Crippen LogP contribution in [0.25, 0.3) is 0 Å². The lowest BCUT2D eigenvalue weighted by Gasteiger charge is -2.08. The Labute approximate surface area is 120 Å². The summed E-state index contributed by atoms with van der Waals surface area (Å²) in [5, 5.41) is 27.7. The number of nitrogens with one attached hydrogen (secondary N) is 2. The van der Waals surface area contributed by atoms with Crippen LogP contribution in [0.1, 0.15) is 16.8 Å². The number of phenols is 1. The molecule has 0 atom stereocenters. The average molecular weight is 317 g/mol. The van der Waals surface area contributed by atoms with E-state index in [1.54, 1.807) is 0 Å². The van der Waals surface area contributed by atoms with Gasteiger partial charge in [0.25, 0.3) is 0 Å². The maximum absolute atomic E-state index is 11.5. The van der Waals surface area contributed by atoms with Gasteiger partial charge in [-0.25, -0.2) is 23.1 Å². The van der Waals surface area contributed by atoms with Crippen LogP contribution in [0.4, 0.5) is 10.5 Å². The van der Waals surface area contributed by atoms with Crippen molar-refractivity contribution in [1.29, 1.82) is 0 Å². The van der Waals surface area contributed by atoms with E-state index >= 15 is 0 Å². The molecule has 0 bridgehead atoms. The smallest absolute Gasteiger partial charge is 0.339 e. The van der Waals surface area contributed by atoms with Crippen LogP contribution in [-0.4, -0.2) is 42.9 Å². The molecule has 0 unspecified atom stereocenters. The minimum Gasteiger partial charge on any atom is -0.507 e. The van der Waals surface area contributed by atoms with Crippen LogP contribution < -0.4 is 15.8 Å². The summed E-state index contributed by atoms with van der Waals surface area (Å²) in [6.07, 6.45) is 0.162. The highest BCUT2D eigenvalue weighted by molar-refractivity contribution is 7.89. The summed E-state index contributed by atoms with van der Waals surface area (Å²) in [5.74, 6) is -2.01. The van der Waals surface area contributed by atoms with Crippen molar-refractivity contribution in [3.05, 3.63) is 23.8 Å². The topological polar surface area (TPSA) is 159 Å². The molecule has 9 nitrogen and oxygen atoms in total. The first kappa shape index (κ1) is 16.7. The van der Waals surface area contributed by atoms with Gasteiger partial charge in [0.15, 0.2) is 0 Å². The highest BCUT2D eigenvalue weighted by atomic mass is 32.2. The van der Waals surface area contributed by atoms with E-state index in [0.29, 0.717) is 0 Å². The maximum Gasteiger partial charge on any atom is 0.339 e. The number of aromatic hydroxyl groups is 1. The molecule has 116 valence electrons. The molecular formula is C11H15N3O6S. The normalized spacial score (nSPS) is 10.9. The number of primary sulfonamides is 1. The first-order chi connectivity index (χ1) is 9.69. The predicted octanol–water partition coefficient (Wildman–Crippen LogP) is -0.109. The van der Waals surface area contributed by atoms with Gasteiger partial charge in [0.2, 0.25) is 10.0 Å². The van der Waals surface area contributed by atoms with Crippen LogP contribution in [0.3, 0.4) is 0 Å². The third-order valence-corrected chi connectivity index (χ3v) is 3.23. The minimum atomic E-state index is -3.56. The molecule has 0 aliphatic carbocycles. The fourth-order valence-electron chi connectivity index (χ4n) is 1.44. The Morgan fingerprint density at radius 2 is 1.95 bits per heavy atom. The summed E-state index contributed by atoms with van der Waals surface area (Å²) in [6.45, 7) is 0.0987. The van der Waals surface area contributed by atoms with E-state index in [1.807, 2.05) is 0 Å². The van der Waals surface area contributed by atoms with Crippen molar-refractivity contribution in [2.45, 2.75) is 6.42 Å². The molecule has 0 radical (unpaired) electrons. The lowest BCUT2D eigenvalue weighted by molar-refractivity contribution is 0.0693. The summed E-state index contributed by atoms with van der Waals surface area (Å²) in [6, 6.07) is 2.93. The molecule has 0 fully saturated rings. The van der Waals surface area contributed by atoms with Gasteiger partial charge in [0.1, 0.15) is 11.3 Å². The third-order valence-electron chi connectivity index (χ3n) is 2.38. The Balaban J connectivity index is 2.48. The standard InChI is InChI=1S/C11H15N3O6S/c12-21(19,20)5-1-4-13-11(18)14-7-2-3-8(10(16)17)9(15)6-7/h2-3,6,15H,1,4-5H2,(H,16,17)(H2,12,19,20)(H2,13,14,18). The van der Waals surface area contributed by atoms with Gasteiger partial charge in [-0.15, -0.1) is 0 Å². The van der Waals surface area contributed by atoms with E-state index in [2.05, 4.69) is 10.6 Å². The minimum absolute atomic E-state index is 0.0987. The second-order valence-electron chi connectivity index (χ2n) is 4.14. The van der Waals surface area contributed by atoms with Crippen LogP contribution in [0, 0.1) is 0 Å². The summed E-state index contributed by atoms with van der Waals surface area (Å²) >= 11 is 0. The van der Waals surface area contributed by atoms with Crippen molar-refractivity contribution in [2.75, 3.05) is 17.6 Å². The fourth-order valence-corrected chi connectivity index (χ4v) is 1.99. The Morgan fingerprint density at radius 1 is 1.29 bits per heavy atom. The fraction of sp³-hybridized carbons (Fsp3) is 0.273. The van der Waals surface area contributed by atoms with Gasteiger partial charge in [0, 0.05) is 18.3 Å². The number of benzene rings is 1. The molecular weight excluding hydrogens is 302 g/mol. The van der Waals surface area contributed by atoms with Crippen LogP contribution in [0.15, 0.2) is 18.2 Å². The van der Waals surface area contributed by atoms with Gasteiger partial charge < -0.3 is 20.8 Å². The number of urea groups is 1. The van der Waals surface area contributed by atoms with Crippen LogP contribution in [0.2, 0.25) is 0 Å². The van der Waals surface area contributed by atoms with Crippen LogP contribution in [-0.2, 0) is 10.0 Å². The molecule has 1 aromatic rings. The quantitative estimate of drug-likeness (QED) is 0.460. The number of carbonyl (C=O) groups is 2. The Morgan fingerprint density at radius 3 is 2.48 bits per heavy atom. The predicted molar refractivity (Wildman–Crippen MR) is 74.7 cm³/mol. The van der Waals surface area contributed by atoms with Crippen molar-refractivity contribution in [3.8, 4) is 5.75 Å². The third kappa shape index (κ3) is 6.10. The molecule has 0 heterocycles. The van der Waals surface area contributed by atoms with E-state index in [4.69, 9.17) is 10.2 Å². The Kier molecular flexibility index (Phi) is 5.50. The van der Waals surface area contributed by atoms with E-state index < -0.39 is 27.8 Å². The number of aromatic carboxylic acids is 1. The van der Waals surface area contributed by atoms with Crippen molar-refractivity contribution >= 4 is 27.7 Å². The number of sulfonamides is 1. The number of carbonyl (C=O) groups excluding carboxylic acids is 1. The number of anilines is 1. The number of rotatable bonds is 6. The summed E-state index contributed by atoms with van der Waals surface area (Å²) < 4.78 is 21.3. The Bertz CT molecular complexity index is 643. The highest BCUT2D eigenvalue weighted by Gasteiger charge is 2.11. The summed E-state index contributed by atoms with van der Waals surface area (Å²) in [7, 11) is -3.56. The monoisotopic (exact) mass is 317 g/mol. The zero-order valence-electron chi connectivity index (χ0n) is 10.9. The first-order valence-corrected chi connectivity index (χ1v) is 7.52. The second kappa shape index (κ2) is 6.90. The van der Waals surface area contributed by atoms with E-state index in [0.717, 1.165) is 12.1 Å². The molecule has 0 aliphatic rings. The number of hydrogen-bond acceptors (Lipinski definition) is 5. The maximum atomic E-state index is 11.5. The van der Waals surface area contributed by atoms with Gasteiger partial charge in [-0.3, -0.25) is 0 Å². The average Bonchev–Trinajstić information content (AvgIpc) is 2.33. The number of hydrogen-bond donors (Lipinski definition) is 5. The van der Waals surface area contributed by atoms with Gasteiger partial charge in [-0.2, -0.15) is 0 Å².